The Hall–Kier alpha value is -3.49. The molecule has 2 fully saturated rings. The van der Waals surface area contributed by atoms with Gasteiger partial charge in [-0.2, -0.15) is 0 Å². The van der Waals surface area contributed by atoms with Crippen LogP contribution in [0.2, 0.25) is 0 Å². The van der Waals surface area contributed by atoms with E-state index in [1.54, 1.807) is 36.0 Å². The van der Waals surface area contributed by atoms with Crippen LogP contribution >= 0.6 is 11.8 Å². The lowest BCUT2D eigenvalue weighted by molar-refractivity contribution is -0.384. The zero-order valence-corrected chi connectivity index (χ0v) is 19.8. The molecule has 0 aliphatic carbocycles. The second kappa shape index (κ2) is 8.03. The van der Waals surface area contributed by atoms with Crippen molar-refractivity contribution in [2.75, 3.05) is 16.9 Å². The van der Waals surface area contributed by atoms with Crippen LogP contribution in [0.15, 0.2) is 72.8 Å². The SMILES string of the molecule is Cc1ccc2c(c1)[C@]1(C(=O)N2)[C@@H](C(=O)c2ccccc2)[C@@H](c2cccc([N+](=O)[O-])c2)[C@@H]2CSCN21. The Morgan fingerprint density at radius 2 is 1.91 bits per heavy atom. The van der Waals surface area contributed by atoms with Crippen molar-refractivity contribution >= 4 is 34.8 Å². The number of carbonyl (C=O) groups is 2. The number of nitrogens with zero attached hydrogens (tertiary/aromatic N) is 2. The Balaban J connectivity index is 1.63. The molecule has 3 aromatic carbocycles. The molecule has 4 atom stereocenters. The van der Waals surface area contributed by atoms with Crippen LogP contribution in [0.4, 0.5) is 11.4 Å². The minimum atomic E-state index is -1.18. The molecule has 1 spiro atoms. The summed E-state index contributed by atoms with van der Waals surface area (Å²) in [5, 5.41) is 14.7. The number of anilines is 1. The normalized spacial score (nSPS) is 27.0. The third kappa shape index (κ3) is 3.10. The maximum absolute atomic E-state index is 14.3. The zero-order chi connectivity index (χ0) is 24.3. The first-order valence-electron chi connectivity index (χ1n) is 11.5. The summed E-state index contributed by atoms with van der Waals surface area (Å²) in [6.07, 6.45) is 0. The van der Waals surface area contributed by atoms with Crippen LogP contribution in [0.1, 0.15) is 33.0 Å². The summed E-state index contributed by atoms with van der Waals surface area (Å²) in [7, 11) is 0. The van der Waals surface area contributed by atoms with Gasteiger partial charge in [0.1, 0.15) is 5.54 Å². The van der Waals surface area contributed by atoms with Gasteiger partial charge in [0.15, 0.2) is 5.78 Å². The highest BCUT2D eigenvalue weighted by molar-refractivity contribution is 7.99. The fourth-order valence-corrected chi connectivity index (χ4v) is 7.52. The molecule has 0 radical (unpaired) electrons. The molecule has 3 aliphatic heterocycles. The summed E-state index contributed by atoms with van der Waals surface area (Å²) in [5.41, 5.74) is 2.61. The largest absolute Gasteiger partial charge is 0.324 e. The maximum atomic E-state index is 14.3. The van der Waals surface area contributed by atoms with E-state index in [0.29, 0.717) is 11.4 Å². The minimum absolute atomic E-state index is 0.0151. The van der Waals surface area contributed by atoms with Crippen molar-refractivity contribution in [3.05, 3.63) is 105 Å². The van der Waals surface area contributed by atoms with Crippen molar-refractivity contribution in [2.45, 2.75) is 24.4 Å². The Kier molecular flexibility index (Phi) is 5.05. The molecule has 176 valence electrons. The molecule has 1 amide bonds. The third-order valence-electron chi connectivity index (χ3n) is 7.58. The molecule has 3 aliphatic rings. The topological polar surface area (TPSA) is 92.5 Å². The van der Waals surface area contributed by atoms with Crippen LogP contribution in [-0.4, -0.2) is 39.2 Å². The van der Waals surface area contributed by atoms with Gasteiger partial charge in [-0.1, -0.05) is 60.2 Å². The van der Waals surface area contributed by atoms with E-state index < -0.39 is 16.4 Å². The molecule has 1 N–H and O–H groups in total. The molecule has 8 heteroatoms. The summed E-state index contributed by atoms with van der Waals surface area (Å²) in [6, 6.07) is 21.4. The number of rotatable bonds is 4. The van der Waals surface area contributed by atoms with Crippen molar-refractivity contribution in [1.29, 1.82) is 0 Å². The number of nitro benzene ring substituents is 1. The highest BCUT2D eigenvalue weighted by Crippen LogP contribution is 2.61. The van der Waals surface area contributed by atoms with E-state index in [1.165, 1.54) is 6.07 Å². The van der Waals surface area contributed by atoms with Crippen LogP contribution in [-0.2, 0) is 10.3 Å². The zero-order valence-electron chi connectivity index (χ0n) is 19.0. The first kappa shape index (κ1) is 22.0. The van der Waals surface area contributed by atoms with Gasteiger partial charge >= 0.3 is 0 Å². The lowest BCUT2D eigenvalue weighted by Gasteiger charge is -2.36. The molecule has 3 heterocycles. The number of carbonyl (C=O) groups excluding carboxylic acids is 2. The second-order valence-corrected chi connectivity index (χ2v) is 10.4. The quantitative estimate of drug-likeness (QED) is 0.327. The van der Waals surface area contributed by atoms with Crippen molar-refractivity contribution < 1.29 is 14.5 Å². The predicted molar refractivity (Wildman–Crippen MR) is 135 cm³/mol. The highest BCUT2D eigenvalue weighted by Gasteiger charge is 2.69. The van der Waals surface area contributed by atoms with E-state index >= 15 is 0 Å². The van der Waals surface area contributed by atoms with Gasteiger partial charge in [0.2, 0.25) is 5.91 Å². The van der Waals surface area contributed by atoms with E-state index in [4.69, 9.17) is 0 Å². The molecule has 7 nitrogen and oxygen atoms in total. The molecule has 0 bridgehead atoms. The molecule has 6 rings (SSSR count). The number of Topliss-reactive ketones (excluding diaryl/α,β-unsaturated/α-hetero) is 1. The lowest BCUT2D eigenvalue weighted by Crippen LogP contribution is -2.52. The van der Waals surface area contributed by atoms with Gasteiger partial charge in [-0.15, -0.1) is 11.8 Å². The average molecular weight is 486 g/mol. The van der Waals surface area contributed by atoms with Gasteiger partial charge in [-0.25, -0.2) is 0 Å². The second-order valence-electron chi connectivity index (χ2n) is 9.39. The Labute approximate surface area is 206 Å². The van der Waals surface area contributed by atoms with E-state index in [2.05, 4.69) is 10.2 Å². The number of non-ortho nitro benzene ring substituents is 1. The number of fused-ring (bicyclic) bond motifs is 4. The van der Waals surface area contributed by atoms with Crippen molar-refractivity contribution in [3.63, 3.8) is 0 Å². The average Bonchev–Trinajstić information content (AvgIpc) is 3.52. The number of nitro groups is 1. The predicted octanol–water partition coefficient (Wildman–Crippen LogP) is 4.72. The summed E-state index contributed by atoms with van der Waals surface area (Å²) in [6.45, 7) is 1.98. The van der Waals surface area contributed by atoms with Crippen LogP contribution < -0.4 is 5.32 Å². The van der Waals surface area contributed by atoms with Crippen molar-refractivity contribution in [1.82, 2.24) is 4.90 Å². The molecular weight excluding hydrogens is 462 g/mol. The van der Waals surface area contributed by atoms with Crippen LogP contribution in [0.3, 0.4) is 0 Å². The number of thioether (sulfide) groups is 1. The summed E-state index contributed by atoms with van der Waals surface area (Å²) >= 11 is 1.73. The first-order chi connectivity index (χ1) is 16.9. The fourth-order valence-electron chi connectivity index (χ4n) is 6.19. The Morgan fingerprint density at radius 3 is 2.69 bits per heavy atom. The number of hydrogen-bond donors (Lipinski definition) is 1. The first-order valence-corrected chi connectivity index (χ1v) is 12.7. The Morgan fingerprint density at radius 1 is 1.11 bits per heavy atom. The van der Waals surface area contributed by atoms with Crippen molar-refractivity contribution in [2.24, 2.45) is 5.92 Å². The number of aryl methyl sites for hydroxylation is 1. The van der Waals surface area contributed by atoms with Gasteiger partial charge in [0, 0.05) is 52.5 Å². The smallest absolute Gasteiger partial charge is 0.269 e. The summed E-state index contributed by atoms with van der Waals surface area (Å²) in [4.78, 5) is 41.7. The summed E-state index contributed by atoms with van der Waals surface area (Å²) < 4.78 is 0. The molecule has 0 aromatic heterocycles. The minimum Gasteiger partial charge on any atom is -0.324 e. The highest BCUT2D eigenvalue weighted by atomic mass is 32.2. The molecule has 0 saturated carbocycles. The van der Waals surface area contributed by atoms with E-state index in [-0.39, 0.29) is 29.3 Å². The van der Waals surface area contributed by atoms with Gasteiger partial charge in [0.05, 0.1) is 10.8 Å². The lowest BCUT2D eigenvalue weighted by atomic mass is 9.69. The van der Waals surface area contributed by atoms with Crippen LogP contribution in [0.25, 0.3) is 0 Å². The number of ketones is 1. The summed E-state index contributed by atoms with van der Waals surface area (Å²) in [5.74, 6) is -0.0908. The van der Waals surface area contributed by atoms with Gasteiger partial charge in [-0.3, -0.25) is 24.6 Å². The van der Waals surface area contributed by atoms with E-state index in [1.807, 2.05) is 49.4 Å². The van der Waals surface area contributed by atoms with Gasteiger partial charge in [-0.05, 0) is 18.6 Å². The molecular formula is C27H23N3O4S. The molecule has 0 unspecified atom stereocenters. The van der Waals surface area contributed by atoms with Gasteiger partial charge < -0.3 is 5.32 Å². The number of nitrogens with one attached hydrogen (secondary N) is 1. The Bertz CT molecular complexity index is 1380. The van der Waals surface area contributed by atoms with E-state index in [0.717, 1.165) is 28.1 Å². The molecule has 35 heavy (non-hydrogen) atoms. The molecule has 2 saturated heterocycles. The van der Waals surface area contributed by atoms with Crippen LogP contribution in [0, 0.1) is 23.0 Å². The number of benzene rings is 3. The third-order valence-corrected chi connectivity index (χ3v) is 8.62. The monoisotopic (exact) mass is 485 g/mol. The maximum Gasteiger partial charge on any atom is 0.269 e. The number of amides is 1. The van der Waals surface area contributed by atoms with E-state index in [9.17, 15) is 19.7 Å². The number of hydrogen-bond acceptors (Lipinski definition) is 6. The van der Waals surface area contributed by atoms with Gasteiger partial charge in [0.25, 0.3) is 5.69 Å². The fraction of sp³-hybridized carbons (Fsp3) is 0.259. The molecule has 3 aromatic rings. The van der Waals surface area contributed by atoms with Crippen LogP contribution in [0.5, 0.6) is 0 Å². The standard InChI is InChI=1S/C27H23N3O4S/c1-16-10-11-21-20(12-16)27(26(32)28-21)24(25(31)17-6-3-2-4-7-17)23(22-14-35-15-29(22)27)18-8-5-9-19(13-18)30(33)34/h2-13,22-24H,14-15H2,1H3,(H,28,32)/t22-,23-,24+,27+/m0/s1. The van der Waals surface area contributed by atoms with Crippen molar-refractivity contribution in [3.8, 4) is 0 Å².